The number of hydrogen-bond acceptors (Lipinski definition) is 8. The third kappa shape index (κ3) is 3.45. The highest BCUT2D eigenvalue weighted by atomic mass is 31.2. The van der Waals surface area contributed by atoms with E-state index in [9.17, 15) is 29.7 Å². The van der Waals surface area contributed by atoms with Crippen LogP contribution in [0, 0.1) is 0 Å². The molecule has 1 aliphatic heterocycles. The Bertz CT molecular complexity index is 282. The van der Waals surface area contributed by atoms with Crippen LogP contribution in [0.3, 0.4) is 0 Å². The fourth-order valence-corrected chi connectivity index (χ4v) is 1.63. The summed E-state index contributed by atoms with van der Waals surface area (Å²) in [5.41, 5.74) is 3.35. The van der Waals surface area contributed by atoms with Crippen LogP contribution < -0.4 is 15.5 Å². The molecule has 5 atom stereocenters. The summed E-state index contributed by atoms with van der Waals surface area (Å²) < 4.78 is 18.8. The highest BCUT2D eigenvalue weighted by molar-refractivity contribution is 7.43. The first-order chi connectivity index (χ1) is 7.22. The molecule has 0 aromatic heterocycles. The fourth-order valence-electron chi connectivity index (χ4n) is 1.30. The van der Waals surface area contributed by atoms with Crippen LogP contribution in [0.15, 0.2) is 0 Å². The Hall–Kier alpha value is -0.0900. The molecular formula is C6H13NO8P-. The topological polar surface area (TPSA) is 170 Å². The summed E-state index contributed by atoms with van der Waals surface area (Å²) in [5.74, 6) is 0. The smallest absolute Gasteiger partial charge is 0.211 e. The zero-order valence-electron chi connectivity index (χ0n) is 8.13. The third-order valence-corrected chi connectivity index (χ3v) is 2.71. The van der Waals surface area contributed by atoms with Crippen molar-refractivity contribution in [3.05, 3.63) is 0 Å². The zero-order chi connectivity index (χ0) is 12.5. The molecule has 0 amide bonds. The number of hydrogen-bond donors (Lipinski definition) is 4. The Morgan fingerprint density at radius 2 is 1.88 bits per heavy atom. The van der Waals surface area contributed by atoms with Gasteiger partial charge in [0.1, 0.15) is 18.3 Å². The van der Waals surface area contributed by atoms with Gasteiger partial charge in [-0.05, 0) is 0 Å². The number of phosphoric acid groups is 1. The van der Waals surface area contributed by atoms with Crippen molar-refractivity contribution in [3.8, 4) is 0 Å². The number of quaternary nitrogens is 1. The monoisotopic (exact) mass is 258 g/mol. The fraction of sp³-hybridized carbons (Fsp3) is 1.00. The summed E-state index contributed by atoms with van der Waals surface area (Å²) in [6, 6.07) is -0.974. The van der Waals surface area contributed by atoms with Crippen molar-refractivity contribution in [2.24, 2.45) is 0 Å². The quantitative estimate of drug-likeness (QED) is 0.364. The van der Waals surface area contributed by atoms with Crippen molar-refractivity contribution in [1.29, 1.82) is 0 Å². The number of ether oxygens (including phenoxy) is 1. The molecule has 1 saturated heterocycles. The van der Waals surface area contributed by atoms with Gasteiger partial charge in [-0.25, -0.2) is 0 Å². The zero-order valence-corrected chi connectivity index (χ0v) is 9.03. The first-order valence-corrected chi connectivity index (χ1v) is 5.88. The summed E-state index contributed by atoms with van der Waals surface area (Å²) in [7, 11) is -5.18. The van der Waals surface area contributed by atoms with Gasteiger partial charge in [-0.15, -0.1) is 0 Å². The second-order valence-corrected chi connectivity index (χ2v) is 4.61. The molecule has 0 saturated carbocycles. The van der Waals surface area contributed by atoms with E-state index in [2.05, 4.69) is 10.3 Å². The van der Waals surface area contributed by atoms with Crippen LogP contribution >= 0.6 is 7.82 Å². The maximum Gasteiger partial charge on any atom is 0.211 e. The molecule has 1 unspecified atom stereocenters. The van der Waals surface area contributed by atoms with E-state index < -0.39 is 45.1 Å². The van der Waals surface area contributed by atoms with Crippen LogP contribution in [-0.4, -0.2) is 52.6 Å². The number of rotatable bonds is 3. The lowest BCUT2D eigenvalue weighted by molar-refractivity contribution is -0.498. The first kappa shape index (κ1) is 14.0. The second kappa shape index (κ2) is 5.05. The molecule has 1 aliphatic rings. The number of phosphoric ester groups is 1. The van der Waals surface area contributed by atoms with Crippen LogP contribution in [0.25, 0.3) is 0 Å². The summed E-state index contributed by atoms with van der Waals surface area (Å²) in [6.07, 6.45) is -5.66. The molecule has 10 heteroatoms. The van der Waals surface area contributed by atoms with Gasteiger partial charge in [0, 0.05) is 0 Å². The van der Waals surface area contributed by atoms with Gasteiger partial charge in [0.2, 0.25) is 6.29 Å². The minimum absolute atomic E-state index is 0.772. The van der Waals surface area contributed by atoms with Crippen molar-refractivity contribution in [3.63, 3.8) is 0 Å². The van der Waals surface area contributed by atoms with E-state index in [1.165, 1.54) is 0 Å². The predicted octanol–water partition coefficient (Wildman–Crippen LogP) is -5.12. The van der Waals surface area contributed by atoms with Crippen LogP contribution in [0.1, 0.15) is 0 Å². The molecule has 0 radical (unpaired) electrons. The average molecular weight is 258 g/mol. The molecule has 1 fully saturated rings. The van der Waals surface area contributed by atoms with Gasteiger partial charge in [0.15, 0.2) is 6.04 Å². The van der Waals surface area contributed by atoms with E-state index in [4.69, 9.17) is 4.74 Å². The Kier molecular flexibility index (Phi) is 4.41. The maximum absolute atomic E-state index is 10.2. The molecule has 1 heterocycles. The number of aliphatic hydroxyl groups is 3. The molecule has 96 valence electrons. The van der Waals surface area contributed by atoms with Crippen molar-refractivity contribution < 1.29 is 44.7 Å². The van der Waals surface area contributed by atoms with Crippen LogP contribution in [0.2, 0.25) is 0 Å². The van der Waals surface area contributed by atoms with Crippen molar-refractivity contribution in [2.75, 3.05) is 6.61 Å². The molecule has 6 N–H and O–H groups in total. The Morgan fingerprint density at radius 1 is 1.31 bits per heavy atom. The van der Waals surface area contributed by atoms with Crippen LogP contribution in [0.4, 0.5) is 0 Å². The van der Waals surface area contributed by atoms with E-state index in [0.29, 0.717) is 0 Å². The van der Waals surface area contributed by atoms with E-state index in [1.807, 2.05) is 0 Å². The van der Waals surface area contributed by atoms with Crippen molar-refractivity contribution >= 4 is 7.82 Å². The van der Waals surface area contributed by atoms with Crippen molar-refractivity contribution in [2.45, 2.75) is 30.6 Å². The molecule has 1 rings (SSSR count). The SMILES string of the molecule is [NH3+][C@H]1C(O)O[C@H](COP(=O)([O-])[O-])[C@@H](O)[C@@H]1O. The summed E-state index contributed by atoms with van der Waals surface area (Å²) in [4.78, 5) is 20.4. The largest absolute Gasteiger partial charge is 0.790 e. The van der Waals surface area contributed by atoms with Crippen LogP contribution in [0.5, 0.6) is 0 Å². The van der Waals surface area contributed by atoms with Gasteiger partial charge in [0.25, 0.3) is 0 Å². The van der Waals surface area contributed by atoms with Gasteiger partial charge in [-0.1, -0.05) is 0 Å². The van der Waals surface area contributed by atoms with Crippen molar-refractivity contribution in [1.82, 2.24) is 0 Å². The normalized spacial score (nSPS) is 41.0. The molecule has 0 spiro atoms. The average Bonchev–Trinajstić information content (AvgIpc) is 2.17. The lowest BCUT2D eigenvalue weighted by atomic mass is 9.98. The standard InChI is InChI=1S/C6H14NO8P/c7-3-5(9)4(8)2(15-6(3)10)1-14-16(11,12)13/h2-6,8-10H,1,7H2,(H2,11,12,13)/p-1/t2-,3-,4-,5-,6?/m1/s1. The third-order valence-electron chi connectivity index (χ3n) is 2.25. The molecule has 9 nitrogen and oxygen atoms in total. The van der Waals surface area contributed by atoms with E-state index in [-0.39, 0.29) is 0 Å². The van der Waals surface area contributed by atoms with E-state index >= 15 is 0 Å². The number of aliphatic hydroxyl groups excluding tert-OH is 3. The molecule has 0 aromatic carbocycles. The molecule has 0 aliphatic carbocycles. The summed E-state index contributed by atoms with van der Waals surface area (Å²) in [5, 5.41) is 28.0. The van der Waals surface area contributed by atoms with Gasteiger partial charge in [0.05, 0.1) is 14.4 Å². The lowest BCUT2D eigenvalue weighted by Gasteiger charge is -2.38. The maximum atomic E-state index is 10.2. The molecule has 16 heavy (non-hydrogen) atoms. The van der Waals surface area contributed by atoms with Gasteiger partial charge in [-0.2, -0.15) is 0 Å². The van der Waals surface area contributed by atoms with E-state index in [1.54, 1.807) is 0 Å². The Balaban J connectivity index is 2.57. The highest BCUT2D eigenvalue weighted by Gasteiger charge is 2.44. The van der Waals surface area contributed by atoms with E-state index in [0.717, 1.165) is 0 Å². The van der Waals surface area contributed by atoms with Gasteiger partial charge < -0.3 is 44.7 Å². The van der Waals surface area contributed by atoms with Gasteiger partial charge in [-0.3, -0.25) is 0 Å². The van der Waals surface area contributed by atoms with Crippen LogP contribution in [-0.2, 0) is 13.8 Å². The Labute approximate surface area is 90.6 Å². The molecular weight excluding hydrogens is 245 g/mol. The molecule has 0 bridgehead atoms. The highest BCUT2D eigenvalue weighted by Crippen LogP contribution is 2.27. The minimum atomic E-state index is -5.18. The lowest BCUT2D eigenvalue weighted by Crippen LogP contribution is -2.77. The Morgan fingerprint density at radius 3 is 2.38 bits per heavy atom. The first-order valence-electron chi connectivity index (χ1n) is 4.41. The predicted molar refractivity (Wildman–Crippen MR) is 43.1 cm³/mol. The molecule has 0 aromatic rings. The summed E-state index contributed by atoms with van der Waals surface area (Å²) >= 11 is 0. The summed E-state index contributed by atoms with van der Waals surface area (Å²) in [6.45, 7) is -0.772. The van der Waals surface area contributed by atoms with Gasteiger partial charge >= 0.3 is 0 Å². The minimum Gasteiger partial charge on any atom is -0.790 e. The second-order valence-electron chi connectivity index (χ2n) is 3.45.